The second kappa shape index (κ2) is 7.94. The second-order valence-corrected chi connectivity index (χ2v) is 9.26. The fourth-order valence-corrected chi connectivity index (χ4v) is 5.24. The summed E-state index contributed by atoms with van der Waals surface area (Å²) in [6, 6.07) is 2.90. The molecule has 0 aromatic carbocycles. The number of aryl methyl sites for hydroxylation is 1. The Balaban J connectivity index is 1.24. The Bertz CT molecular complexity index is 795. The average Bonchev–Trinajstić information content (AvgIpc) is 3.22. The molecule has 5 nitrogen and oxygen atoms in total. The highest BCUT2D eigenvalue weighted by Crippen LogP contribution is 2.35. The van der Waals surface area contributed by atoms with Gasteiger partial charge in [0.25, 0.3) is 0 Å². The first-order chi connectivity index (χ1) is 13.8. The van der Waals surface area contributed by atoms with E-state index in [1.54, 1.807) is 0 Å². The number of rotatable bonds is 6. The van der Waals surface area contributed by atoms with Crippen LogP contribution in [0.2, 0.25) is 0 Å². The third-order valence-corrected chi connectivity index (χ3v) is 7.17. The van der Waals surface area contributed by atoms with Crippen molar-refractivity contribution in [2.75, 3.05) is 13.1 Å². The lowest BCUT2D eigenvalue weighted by Gasteiger charge is -2.34. The molecule has 3 aliphatic rings. The van der Waals surface area contributed by atoms with Gasteiger partial charge in [-0.2, -0.15) is 5.10 Å². The fraction of sp³-hybridized carbons (Fsp3) is 0.696. The predicted octanol–water partition coefficient (Wildman–Crippen LogP) is 4.03. The van der Waals surface area contributed by atoms with E-state index in [0.717, 1.165) is 42.2 Å². The van der Waals surface area contributed by atoms with Crippen LogP contribution in [-0.2, 0) is 19.9 Å². The van der Waals surface area contributed by atoms with Gasteiger partial charge in [-0.15, -0.1) is 0 Å². The molecule has 3 fully saturated rings. The zero-order valence-electron chi connectivity index (χ0n) is 17.2. The van der Waals surface area contributed by atoms with Gasteiger partial charge in [0, 0.05) is 37.0 Å². The van der Waals surface area contributed by atoms with Crippen LogP contribution < -0.4 is 0 Å². The van der Waals surface area contributed by atoms with Gasteiger partial charge < -0.3 is 4.90 Å². The predicted molar refractivity (Wildman–Crippen MR) is 111 cm³/mol. The molecule has 150 valence electrons. The van der Waals surface area contributed by atoms with Gasteiger partial charge in [0.15, 0.2) is 0 Å². The molecule has 0 unspecified atom stereocenters. The summed E-state index contributed by atoms with van der Waals surface area (Å²) in [7, 11) is 2.06. The van der Waals surface area contributed by atoms with Crippen LogP contribution in [-0.4, -0.2) is 43.8 Å². The molecular formula is C23H33N5. The maximum atomic E-state index is 4.96. The first-order valence-corrected chi connectivity index (χ1v) is 11.3. The molecule has 1 aliphatic heterocycles. The van der Waals surface area contributed by atoms with Crippen molar-refractivity contribution in [3.8, 4) is 11.3 Å². The summed E-state index contributed by atoms with van der Waals surface area (Å²) in [6.07, 6.45) is 17.0. The Morgan fingerprint density at radius 1 is 0.964 bits per heavy atom. The minimum atomic E-state index is 0.744. The Morgan fingerprint density at radius 3 is 2.43 bits per heavy atom. The van der Waals surface area contributed by atoms with Crippen LogP contribution in [0, 0.1) is 11.8 Å². The van der Waals surface area contributed by atoms with E-state index in [2.05, 4.69) is 28.1 Å². The highest BCUT2D eigenvalue weighted by atomic mass is 15.3. The summed E-state index contributed by atoms with van der Waals surface area (Å²) in [4.78, 5) is 12.3. The van der Waals surface area contributed by atoms with Crippen LogP contribution in [0.15, 0.2) is 18.5 Å². The summed E-state index contributed by atoms with van der Waals surface area (Å²) < 4.78 is 2.04. The molecule has 0 amide bonds. The molecule has 0 atom stereocenters. The van der Waals surface area contributed by atoms with Gasteiger partial charge in [0.05, 0.1) is 11.9 Å². The van der Waals surface area contributed by atoms with Crippen LogP contribution >= 0.6 is 0 Å². The van der Waals surface area contributed by atoms with Gasteiger partial charge in [-0.1, -0.05) is 0 Å². The van der Waals surface area contributed by atoms with Gasteiger partial charge in [0.2, 0.25) is 0 Å². The summed E-state index contributed by atoms with van der Waals surface area (Å²) >= 11 is 0. The van der Waals surface area contributed by atoms with Crippen molar-refractivity contribution < 1.29 is 0 Å². The summed E-state index contributed by atoms with van der Waals surface area (Å²) in [5.41, 5.74) is 3.59. The van der Waals surface area contributed by atoms with E-state index < -0.39 is 0 Å². The van der Waals surface area contributed by atoms with Crippen LogP contribution in [0.25, 0.3) is 11.3 Å². The first-order valence-electron chi connectivity index (χ1n) is 11.3. The van der Waals surface area contributed by atoms with E-state index in [4.69, 9.17) is 4.98 Å². The Labute approximate surface area is 168 Å². The molecule has 5 rings (SSSR count). The average molecular weight is 380 g/mol. The molecule has 0 bridgehead atoms. The smallest absolute Gasteiger partial charge is 0.129 e. The first kappa shape index (κ1) is 18.3. The maximum absolute atomic E-state index is 4.96. The Hall–Kier alpha value is -1.75. The fourth-order valence-electron chi connectivity index (χ4n) is 5.24. The zero-order chi connectivity index (χ0) is 18.9. The van der Waals surface area contributed by atoms with Crippen molar-refractivity contribution in [1.82, 2.24) is 24.6 Å². The summed E-state index contributed by atoms with van der Waals surface area (Å²) in [6.45, 7) is 2.66. The van der Waals surface area contributed by atoms with Gasteiger partial charge in [-0.05, 0) is 88.8 Å². The van der Waals surface area contributed by atoms with Gasteiger partial charge in [0.1, 0.15) is 5.82 Å². The minimum absolute atomic E-state index is 0.744. The van der Waals surface area contributed by atoms with Crippen molar-refractivity contribution in [2.45, 2.75) is 70.3 Å². The number of hydrogen-bond acceptors (Lipinski definition) is 4. The minimum Gasteiger partial charge on any atom is -0.300 e. The van der Waals surface area contributed by atoms with Gasteiger partial charge >= 0.3 is 0 Å². The van der Waals surface area contributed by atoms with Crippen LogP contribution in [0.3, 0.4) is 0 Å². The van der Waals surface area contributed by atoms with Crippen molar-refractivity contribution in [1.29, 1.82) is 0 Å². The summed E-state index contributed by atoms with van der Waals surface area (Å²) in [5.74, 6) is 2.61. The molecule has 0 radical (unpaired) electrons. The largest absolute Gasteiger partial charge is 0.300 e. The SMILES string of the molecule is Cn1ncc(-c2ccnc(CC3CCC(N4CCCC4)CC3)n2)c1CC1CC1. The van der Waals surface area contributed by atoms with E-state index in [0.29, 0.717) is 0 Å². The van der Waals surface area contributed by atoms with Gasteiger partial charge in [-0.25, -0.2) is 9.97 Å². The molecule has 2 aliphatic carbocycles. The molecule has 0 spiro atoms. The highest BCUT2D eigenvalue weighted by Gasteiger charge is 2.28. The van der Waals surface area contributed by atoms with Gasteiger partial charge in [-0.3, -0.25) is 4.68 Å². The second-order valence-electron chi connectivity index (χ2n) is 9.26. The van der Waals surface area contributed by atoms with E-state index >= 15 is 0 Å². The van der Waals surface area contributed by atoms with Crippen molar-refractivity contribution in [3.63, 3.8) is 0 Å². The monoisotopic (exact) mass is 379 g/mol. The van der Waals surface area contributed by atoms with Crippen molar-refractivity contribution >= 4 is 0 Å². The van der Waals surface area contributed by atoms with Crippen LogP contribution in [0.5, 0.6) is 0 Å². The van der Waals surface area contributed by atoms with Crippen molar-refractivity contribution in [3.05, 3.63) is 30.0 Å². The summed E-state index contributed by atoms with van der Waals surface area (Å²) in [5, 5.41) is 4.52. The third-order valence-electron chi connectivity index (χ3n) is 7.17. The van der Waals surface area contributed by atoms with Crippen LogP contribution in [0.1, 0.15) is 62.9 Å². The quantitative estimate of drug-likeness (QED) is 0.760. The molecule has 2 aromatic heterocycles. The zero-order valence-corrected chi connectivity index (χ0v) is 17.2. The molecule has 0 N–H and O–H groups in total. The normalized spacial score (nSPS) is 26.0. The maximum Gasteiger partial charge on any atom is 0.129 e. The lowest BCUT2D eigenvalue weighted by molar-refractivity contribution is 0.163. The lowest BCUT2D eigenvalue weighted by Crippen LogP contribution is -2.36. The molecule has 3 heterocycles. The number of aromatic nitrogens is 4. The van der Waals surface area contributed by atoms with E-state index in [-0.39, 0.29) is 0 Å². The number of hydrogen-bond donors (Lipinski definition) is 0. The topological polar surface area (TPSA) is 46.8 Å². The van der Waals surface area contributed by atoms with E-state index in [1.165, 1.54) is 75.7 Å². The Kier molecular flexibility index (Phi) is 5.19. The molecule has 1 saturated heterocycles. The molecular weight excluding hydrogens is 346 g/mol. The molecule has 5 heteroatoms. The van der Waals surface area contributed by atoms with Crippen LogP contribution in [0.4, 0.5) is 0 Å². The number of nitrogens with zero attached hydrogens (tertiary/aromatic N) is 5. The number of likely N-dealkylation sites (tertiary alicyclic amines) is 1. The highest BCUT2D eigenvalue weighted by molar-refractivity contribution is 5.61. The van der Waals surface area contributed by atoms with E-state index in [9.17, 15) is 0 Å². The van der Waals surface area contributed by atoms with Crippen molar-refractivity contribution in [2.24, 2.45) is 18.9 Å². The standard InChI is InChI=1S/C23H33N5/c1-27-22(14-17-4-5-17)20(16-25-27)21-10-11-24-23(26-21)15-18-6-8-19(9-7-18)28-12-2-3-13-28/h10-11,16-19H,2-9,12-15H2,1H3. The molecule has 28 heavy (non-hydrogen) atoms. The van der Waals surface area contributed by atoms with E-state index in [1.807, 2.05) is 17.1 Å². The molecule has 2 saturated carbocycles. The lowest BCUT2D eigenvalue weighted by atomic mass is 9.83. The third kappa shape index (κ3) is 4.00. The Morgan fingerprint density at radius 2 is 1.68 bits per heavy atom. The molecule has 2 aromatic rings.